The van der Waals surface area contributed by atoms with Crippen molar-refractivity contribution in [1.29, 1.82) is 0 Å². The zero-order chi connectivity index (χ0) is 71.6. The van der Waals surface area contributed by atoms with Crippen LogP contribution in [0.1, 0.15) is 116 Å². The summed E-state index contributed by atoms with van der Waals surface area (Å²) in [6.07, 6.45) is -0.890. The number of unbranched alkanes of at least 4 members (excludes halogenated alkanes) is 1. The Morgan fingerprint density at radius 2 is 1.00 bits per heavy atom. The maximum Gasteiger partial charge on any atom is 0.303 e. The molecule has 34 nitrogen and oxygen atoms in total. The molecule has 2 aromatic carbocycles. The highest BCUT2D eigenvalue weighted by atomic mass is 16.4. The molecule has 1 aliphatic heterocycles. The number of benzene rings is 2. The minimum atomic E-state index is -1.61. The van der Waals surface area contributed by atoms with Gasteiger partial charge in [-0.05, 0) is 102 Å². The van der Waals surface area contributed by atoms with Gasteiger partial charge >= 0.3 is 11.9 Å². The Morgan fingerprint density at radius 1 is 0.542 bits per heavy atom. The van der Waals surface area contributed by atoms with Crippen molar-refractivity contribution < 1.29 is 82.4 Å². The number of hydrogen-bond acceptors (Lipinski definition) is 18. The smallest absolute Gasteiger partial charge is 0.303 e. The molecule has 23 N–H and O–H groups in total. The van der Waals surface area contributed by atoms with Crippen LogP contribution in [0.5, 0.6) is 0 Å². The number of nitrogens with one attached hydrogen (secondary N) is 10. The number of amides is 12. The first-order chi connectivity index (χ1) is 45.4. The van der Waals surface area contributed by atoms with E-state index in [2.05, 4.69) is 58.2 Å². The number of carbonyl (C=O) groups is 14. The Hall–Kier alpha value is -9.83. The quantitative estimate of drug-likeness (QED) is 0.0168. The lowest BCUT2D eigenvalue weighted by Crippen LogP contribution is -2.59. The maximum atomic E-state index is 14.4. The molecule has 0 unspecified atom stereocenters. The van der Waals surface area contributed by atoms with Gasteiger partial charge in [0.2, 0.25) is 70.9 Å². The van der Waals surface area contributed by atoms with E-state index in [9.17, 15) is 82.4 Å². The monoisotopic (exact) mass is 1350 g/mol. The fraction of sp³-hybridized carbons (Fsp3) is 0.565. The normalized spacial score (nSPS) is 15.7. The number of aliphatic hydroxyl groups excluding tert-OH is 1. The zero-order valence-corrected chi connectivity index (χ0v) is 54.5. The summed E-state index contributed by atoms with van der Waals surface area (Å²) in [5.74, 6) is -13.4. The van der Waals surface area contributed by atoms with Crippen molar-refractivity contribution in [2.24, 2.45) is 39.6 Å². The molecule has 0 radical (unpaired) electrons. The number of rotatable bonds is 43. The molecule has 0 saturated carbocycles. The van der Waals surface area contributed by atoms with Crippen molar-refractivity contribution in [3.8, 4) is 0 Å². The molecule has 530 valence electrons. The van der Waals surface area contributed by atoms with E-state index in [-0.39, 0.29) is 82.9 Å². The van der Waals surface area contributed by atoms with Gasteiger partial charge in [-0.25, -0.2) is 0 Å². The van der Waals surface area contributed by atoms with E-state index < -0.39 is 188 Å². The second-order valence-electron chi connectivity index (χ2n) is 23.7. The Morgan fingerprint density at radius 3 is 1.51 bits per heavy atom. The summed E-state index contributed by atoms with van der Waals surface area (Å²) in [4.78, 5) is 192. The molecular formula is C62H95N17O17. The van der Waals surface area contributed by atoms with Gasteiger partial charge in [-0.2, -0.15) is 0 Å². The van der Waals surface area contributed by atoms with Gasteiger partial charge in [0.25, 0.3) is 0 Å². The Kier molecular flexibility index (Phi) is 35.0. The minimum Gasteiger partial charge on any atom is -0.481 e. The van der Waals surface area contributed by atoms with Crippen LogP contribution in [0.3, 0.4) is 0 Å². The van der Waals surface area contributed by atoms with Crippen LogP contribution in [0.2, 0.25) is 0 Å². The van der Waals surface area contributed by atoms with E-state index in [4.69, 9.17) is 28.7 Å². The number of guanidine groups is 1. The van der Waals surface area contributed by atoms with E-state index in [1.54, 1.807) is 60.7 Å². The molecule has 1 heterocycles. The lowest BCUT2D eigenvalue weighted by Gasteiger charge is -2.30. The Labute approximate surface area is 555 Å². The highest BCUT2D eigenvalue weighted by molar-refractivity contribution is 5.99. The summed E-state index contributed by atoms with van der Waals surface area (Å²) in [5, 5.41) is 53.3. The number of nitrogens with zero attached hydrogens (tertiary/aromatic N) is 2. The summed E-state index contributed by atoms with van der Waals surface area (Å²) in [7, 11) is 0. The van der Waals surface area contributed by atoms with Crippen molar-refractivity contribution in [3.05, 3.63) is 71.8 Å². The average Bonchev–Trinajstić information content (AvgIpc) is 1.66. The largest absolute Gasteiger partial charge is 0.481 e. The number of aliphatic imine (C=N–C) groups is 1. The van der Waals surface area contributed by atoms with Crippen molar-refractivity contribution in [1.82, 2.24) is 58.1 Å². The van der Waals surface area contributed by atoms with Crippen molar-refractivity contribution in [3.63, 3.8) is 0 Å². The number of carbonyl (C=O) groups excluding carboxylic acids is 12. The predicted molar refractivity (Wildman–Crippen MR) is 347 cm³/mol. The molecule has 0 spiro atoms. The fourth-order valence-electron chi connectivity index (χ4n) is 10.00. The molecule has 0 bridgehead atoms. The van der Waals surface area contributed by atoms with Gasteiger partial charge in [0.15, 0.2) is 5.96 Å². The van der Waals surface area contributed by atoms with Crippen LogP contribution in [0.15, 0.2) is 65.7 Å². The van der Waals surface area contributed by atoms with E-state index in [1.807, 2.05) is 13.8 Å². The molecule has 2 aromatic rings. The van der Waals surface area contributed by atoms with Gasteiger partial charge in [-0.15, -0.1) is 0 Å². The molecule has 96 heavy (non-hydrogen) atoms. The second-order valence-corrected chi connectivity index (χ2v) is 23.7. The summed E-state index contributed by atoms with van der Waals surface area (Å²) < 4.78 is 0. The van der Waals surface area contributed by atoms with Crippen LogP contribution >= 0.6 is 0 Å². The van der Waals surface area contributed by atoms with E-state index in [1.165, 1.54) is 13.8 Å². The van der Waals surface area contributed by atoms with Gasteiger partial charge in [-0.3, -0.25) is 72.1 Å². The molecular weight excluding hydrogens is 1250 g/mol. The number of likely N-dealkylation sites (tertiary alicyclic amines) is 1. The van der Waals surface area contributed by atoms with Crippen LogP contribution in [0.25, 0.3) is 0 Å². The average molecular weight is 1350 g/mol. The molecule has 11 atom stereocenters. The van der Waals surface area contributed by atoms with Gasteiger partial charge in [0, 0.05) is 38.8 Å². The fourth-order valence-corrected chi connectivity index (χ4v) is 10.00. The lowest BCUT2D eigenvalue weighted by molar-refractivity contribution is -0.144. The van der Waals surface area contributed by atoms with Gasteiger partial charge < -0.3 is 102 Å². The number of primary amides is 1. The van der Waals surface area contributed by atoms with Crippen LogP contribution < -0.4 is 81.8 Å². The molecule has 1 fully saturated rings. The first kappa shape index (κ1) is 80.4. The van der Waals surface area contributed by atoms with Crippen molar-refractivity contribution in [2.75, 3.05) is 32.8 Å². The van der Waals surface area contributed by atoms with Crippen LogP contribution in [0.4, 0.5) is 0 Å². The maximum absolute atomic E-state index is 14.4. The third kappa shape index (κ3) is 29.2. The Balaban J connectivity index is 1.79. The van der Waals surface area contributed by atoms with Crippen LogP contribution in [-0.2, 0) is 80.0 Å². The molecule has 1 aliphatic rings. The summed E-state index contributed by atoms with van der Waals surface area (Å²) in [6, 6.07) is 1.87. The number of aliphatic hydroxyl groups is 1. The highest BCUT2D eigenvalue weighted by Crippen LogP contribution is 2.21. The molecule has 0 aliphatic carbocycles. The van der Waals surface area contributed by atoms with Gasteiger partial charge in [0.05, 0.1) is 13.2 Å². The second kappa shape index (κ2) is 41.8. The number of carboxylic acid groups (broad SMARTS) is 2. The predicted octanol–water partition coefficient (Wildman–Crippen LogP) is -5.25. The van der Waals surface area contributed by atoms with E-state index in [0.29, 0.717) is 24.0 Å². The number of nitrogens with two attached hydrogens (primary N) is 5. The zero-order valence-electron chi connectivity index (χ0n) is 54.5. The lowest BCUT2D eigenvalue weighted by atomic mass is 10.0. The molecule has 34 heteroatoms. The highest BCUT2D eigenvalue weighted by Gasteiger charge is 2.40. The van der Waals surface area contributed by atoms with Gasteiger partial charge in [-0.1, -0.05) is 74.5 Å². The summed E-state index contributed by atoms with van der Waals surface area (Å²) in [6.45, 7) is 4.96. The summed E-state index contributed by atoms with van der Waals surface area (Å²) >= 11 is 0. The molecule has 3 rings (SSSR count). The molecule has 1 saturated heterocycles. The number of aliphatic carboxylic acids is 2. The third-order valence-electron chi connectivity index (χ3n) is 15.2. The van der Waals surface area contributed by atoms with E-state index in [0.717, 1.165) is 4.90 Å². The standard InChI is InChI=1S/C62H95N17O17/c1-34(2)29-44(51(65)86)77-57(92)40(19-11-12-26-63)74-56(91)41(20-13-27-68-62(66)67)75-59(94)46(31-38-17-9-6-10-18-38)72-48(81)32-69-55(90)45(30-37-15-7-5-8-16-37)78-53(88)36(4)70-52(87)35(3)71-60(95)47-21-14-28-79(47)61(96)43(23-25-50(84)85)76-58(93)42(22-24-49(82)83)73-54(89)39(64)33-80/h5-10,15-18,34-36,39-47,80H,11-14,19-33,63-64H2,1-4H3,(H2,65,86)(H,69,90)(H,70,87)(H,71,95)(H,72,81)(H,73,89)(H,74,91)(H,75,94)(H,76,93)(H,77,92)(H,78,88)(H,82,83)(H,84,85)(H4,66,67,68)/t35-,36-,39-,40-,41-,42-,43-,44-,45-,46-,47-/m0/s1. The van der Waals surface area contributed by atoms with Crippen LogP contribution in [-0.4, -0.2) is 208 Å². The van der Waals surface area contributed by atoms with Crippen molar-refractivity contribution >= 4 is 88.8 Å². The van der Waals surface area contributed by atoms with Crippen molar-refractivity contribution in [2.45, 2.75) is 184 Å². The molecule has 0 aromatic heterocycles. The van der Waals surface area contributed by atoms with Crippen LogP contribution in [0, 0.1) is 5.92 Å². The number of carboxylic acids is 2. The summed E-state index contributed by atoms with van der Waals surface area (Å²) in [5.41, 5.74) is 29.1. The number of hydrogen-bond donors (Lipinski definition) is 18. The topological polar surface area (TPSA) is 566 Å². The molecule has 12 amide bonds. The first-order valence-corrected chi connectivity index (χ1v) is 31.7. The van der Waals surface area contributed by atoms with Gasteiger partial charge in [0.1, 0.15) is 66.5 Å². The minimum absolute atomic E-state index is 0.0316. The third-order valence-corrected chi connectivity index (χ3v) is 15.2. The van der Waals surface area contributed by atoms with E-state index >= 15 is 0 Å². The SMILES string of the molecule is CC(C)C[C@H](NC(=O)[C@H](CCCCN)NC(=O)[C@H](CCCN=C(N)N)NC(=O)[C@H](Cc1ccccc1)NC(=O)CNC(=O)[C@H](Cc1ccccc1)NC(=O)[C@H](C)NC(=O)[C@H](C)NC(=O)[C@@H]1CCCN1C(=O)[C@H](CCC(=O)O)NC(=O)[C@H](CCC(=O)O)NC(=O)[C@@H](N)CO)C(N)=O. The first-order valence-electron chi connectivity index (χ1n) is 31.7. The Bertz CT molecular complexity index is 3010.